The Hall–Kier alpha value is -1.25. The van der Waals surface area contributed by atoms with Crippen molar-refractivity contribution in [2.75, 3.05) is 6.54 Å². The maximum absolute atomic E-state index is 4.42. The molecule has 0 atom stereocenters. The molecule has 3 nitrogen and oxygen atoms in total. The lowest BCUT2D eigenvalue weighted by Crippen LogP contribution is -2.38. The van der Waals surface area contributed by atoms with Gasteiger partial charge in [0, 0.05) is 6.07 Å². The van der Waals surface area contributed by atoms with Crippen LogP contribution in [0.25, 0.3) is 0 Å². The standard InChI is InChI=1S/C9H12N3/c1-7(2)8-3-4-9-10-5-6-12(9)11-8/h3-4,6-7H,5H2,1-2H3/q+1. The molecule has 0 aliphatic carbocycles. The second-order valence-corrected chi connectivity index (χ2v) is 3.24. The summed E-state index contributed by atoms with van der Waals surface area (Å²) in [6.07, 6.45) is 1.99. The molecule has 0 radical (unpaired) electrons. The molecule has 1 aromatic rings. The van der Waals surface area contributed by atoms with Gasteiger partial charge in [-0.05, 0) is 12.0 Å². The molecule has 1 aliphatic rings. The van der Waals surface area contributed by atoms with Crippen LogP contribution in [0.4, 0.5) is 0 Å². The quantitative estimate of drug-likeness (QED) is 0.540. The molecule has 2 rings (SSSR count). The highest BCUT2D eigenvalue weighted by atomic mass is 15.2. The smallest absolute Gasteiger partial charge is 0.102 e. The molecule has 0 spiro atoms. The average Bonchev–Trinajstić information content (AvgIpc) is 2.49. The molecule has 3 heteroatoms. The van der Waals surface area contributed by atoms with Crippen molar-refractivity contribution in [2.24, 2.45) is 4.99 Å². The normalized spacial score (nSPS) is 13.9. The van der Waals surface area contributed by atoms with Gasteiger partial charge in [0.15, 0.2) is 6.54 Å². The largest absolute Gasteiger partial charge is 0.342 e. The molecule has 0 fully saturated rings. The van der Waals surface area contributed by atoms with Gasteiger partial charge in [0.1, 0.15) is 6.21 Å². The van der Waals surface area contributed by atoms with Gasteiger partial charge in [-0.3, -0.25) is 0 Å². The second kappa shape index (κ2) is 2.66. The van der Waals surface area contributed by atoms with E-state index in [1.165, 1.54) is 0 Å². The third kappa shape index (κ3) is 1.11. The van der Waals surface area contributed by atoms with Crippen molar-refractivity contribution in [1.82, 2.24) is 5.10 Å². The van der Waals surface area contributed by atoms with Gasteiger partial charge in [0.05, 0.1) is 5.69 Å². The number of hydrogen-bond acceptors (Lipinski definition) is 2. The fraction of sp³-hybridized carbons (Fsp3) is 0.444. The van der Waals surface area contributed by atoms with Crippen LogP contribution in [0, 0.1) is 6.21 Å². The van der Waals surface area contributed by atoms with Crippen LogP contribution >= 0.6 is 0 Å². The maximum atomic E-state index is 4.42. The summed E-state index contributed by atoms with van der Waals surface area (Å²) < 4.78 is 1.86. The molecule has 0 unspecified atom stereocenters. The van der Waals surface area contributed by atoms with E-state index in [1.54, 1.807) is 0 Å². The van der Waals surface area contributed by atoms with Crippen molar-refractivity contribution >= 4 is 0 Å². The van der Waals surface area contributed by atoms with Crippen LogP contribution in [0.5, 0.6) is 0 Å². The van der Waals surface area contributed by atoms with Gasteiger partial charge in [-0.25, -0.2) is 0 Å². The lowest BCUT2D eigenvalue weighted by Gasteiger charge is -1.98. The first kappa shape index (κ1) is 7.40. The average molecular weight is 162 g/mol. The Bertz CT molecular complexity index is 406. The van der Waals surface area contributed by atoms with E-state index in [9.17, 15) is 0 Å². The summed E-state index contributed by atoms with van der Waals surface area (Å²) in [5.41, 5.74) is 2.08. The monoisotopic (exact) mass is 162 g/mol. The van der Waals surface area contributed by atoms with Gasteiger partial charge >= 0.3 is 5.49 Å². The van der Waals surface area contributed by atoms with Crippen molar-refractivity contribution in [3.8, 4) is 0 Å². The highest BCUT2D eigenvalue weighted by Gasteiger charge is 2.08. The van der Waals surface area contributed by atoms with E-state index in [-0.39, 0.29) is 0 Å². The number of rotatable bonds is 1. The summed E-state index contributed by atoms with van der Waals surface area (Å²) in [7, 11) is 0. The molecule has 0 aromatic carbocycles. The van der Waals surface area contributed by atoms with Gasteiger partial charge in [-0.1, -0.05) is 23.9 Å². The first-order chi connectivity index (χ1) is 5.77. The summed E-state index contributed by atoms with van der Waals surface area (Å²) in [5, 5.41) is 4.42. The van der Waals surface area contributed by atoms with E-state index in [0.717, 1.165) is 17.7 Å². The van der Waals surface area contributed by atoms with E-state index < -0.39 is 0 Å². The van der Waals surface area contributed by atoms with Gasteiger partial charge in [-0.15, -0.1) is 4.36 Å². The maximum Gasteiger partial charge on any atom is 0.342 e. The van der Waals surface area contributed by atoms with Gasteiger partial charge < -0.3 is 0 Å². The zero-order chi connectivity index (χ0) is 8.55. The van der Waals surface area contributed by atoms with Gasteiger partial charge in [0.25, 0.3) is 0 Å². The highest BCUT2D eigenvalue weighted by Crippen LogP contribution is 2.06. The molecule has 0 saturated carbocycles. The van der Waals surface area contributed by atoms with Gasteiger partial charge in [0.2, 0.25) is 0 Å². The van der Waals surface area contributed by atoms with Crippen LogP contribution in [0.15, 0.2) is 17.1 Å². The molecule has 0 bridgehead atoms. The summed E-state index contributed by atoms with van der Waals surface area (Å²) >= 11 is 0. The Labute approximate surface area is 71.1 Å². The van der Waals surface area contributed by atoms with Gasteiger partial charge in [-0.2, -0.15) is 0 Å². The number of aromatic nitrogens is 2. The van der Waals surface area contributed by atoms with E-state index in [2.05, 4.69) is 23.9 Å². The summed E-state index contributed by atoms with van der Waals surface area (Å²) in [4.78, 5) is 4.24. The Morgan fingerprint density at radius 2 is 2.25 bits per heavy atom. The molecule has 0 amide bonds. The zero-order valence-corrected chi connectivity index (χ0v) is 7.36. The van der Waals surface area contributed by atoms with Crippen molar-refractivity contribution in [1.29, 1.82) is 0 Å². The van der Waals surface area contributed by atoms with E-state index >= 15 is 0 Å². The number of nitrogens with zero attached hydrogens (tertiary/aromatic N) is 3. The van der Waals surface area contributed by atoms with Crippen molar-refractivity contribution in [2.45, 2.75) is 19.8 Å². The number of fused-ring (bicyclic) bond motifs is 1. The van der Waals surface area contributed by atoms with Crippen molar-refractivity contribution in [3.63, 3.8) is 0 Å². The fourth-order valence-electron chi connectivity index (χ4n) is 1.22. The van der Waals surface area contributed by atoms with Crippen LogP contribution in [-0.4, -0.2) is 11.6 Å². The predicted molar refractivity (Wildman–Crippen MR) is 44.2 cm³/mol. The third-order valence-corrected chi connectivity index (χ3v) is 1.96. The molecule has 0 saturated heterocycles. The van der Waals surface area contributed by atoms with Crippen LogP contribution in [0.3, 0.4) is 0 Å². The molecule has 62 valence electrons. The first-order valence-corrected chi connectivity index (χ1v) is 4.21. The molecule has 2 heterocycles. The van der Waals surface area contributed by atoms with Crippen molar-refractivity contribution < 1.29 is 4.36 Å². The molecule has 1 aromatic heterocycles. The lowest BCUT2D eigenvalue weighted by molar-refractivity contribution is -0.590. The Morgan fingerprint density at radius 1 is 1.42 bits per heavy atom. The second-order valence-electron chi connectivity index (χ2n) is 3.24. The first-order valence-electron chi connectivity index (χ1n) is 4.21. The van der Waals surface area contributed by atoms with Crippen LogP contribution in [-0.2, 0) is 0 Å². The summed E-state index contributed by atoms with van der Waals surface area (Å²) in [6.45, 7) is 5.04. The molecule has 1 aliphatic heterocycles. The fourth-order valence-corrected chi connectivity index (χ4v) is 1.22. The minimum Gasteiger partial charge on any atom is -0.102 e. The van der Waals surface area contributed by atoms with Crippen LogP contribution < -0.4 is 9.85 Å². The van der Waals surface area contributed by atoms with E-state index in [0.29, 0.717) is 5.92 Å². The third-order valence-electron chi connectivity index (χ3n) is 1.96. The molecule has 12 heavy (non-hydrogen) atoms. The Morgan fingerprint density at radius 3 is 3.00 bits per heavy atom. The van der Waals surface area contributed by atoms with Crippen LogP contribution in [0.2, 0.25) is 0 Å². The highest BCUT2D eigenvalue weighted by molar-refractivity contribution is 5.01. The SMILES string of the molecule is CC(C)c1ccc2[n+](n1)=CCN=2. The summed E-state index contributed by atoms with van der Waals surface area (Å²) in [5.74, 6) is 0.483. The minimum atomic E-state index is 0.483. The van der Waals surface area contributed by atoms with E-state index in [4.69, 9.17) is 0 Å². The molecular weight excluding hydrogens is 150 g/mol. The Balaban J connectivity index is 2.62. The predicted octanol–water partition coefficient (Wildman–Crippen LogP) is 0.136. The van der Waals surface area contributed by atoms with E-state index in [1.807, 2.05) is 22.7 Å². The summed E-state index contributed by atoms with van der Waals surface area (Å²) in [6, 6.07) is 4.06. The molecular formula is C9H12N3+. The number of hydrogen-bond donors (Lipinski definition) is 0. The Kier molecular flexibility index (Phi) is 1.64. The van der Waals surface area contributed by atoms with Crippen LogP contribution in [0.1, 0.15) is 25.5 Å². The zero-order valence-electron chi connectivity index (χ0n) is 7.36. The minimum absolute atomic E-state index is 0.483. The lowest BCUT2D eigenvalue weighted by atomic mass is 10.1. The topological polar surface area (TPSA) is 31.2 Å². The molecule has 0 N–H and O–H groups in total. The van der Waals surface area contributed by atoms with Crippen molar-refractivity contribution in [3.05, 3.63) is 29.5 Å².